The van der Waals surface area contributed by atoms with Crippen LogP contribution in [0.2, 0.25) is 0 Å². The molecular weight excluding hydrogens is 147 g/mol. The normalized spacial score (nSPS) is 10.6. The van der Waals surface area contributed by atoms with Crippen LogP contribution in [0.25, 0.3) is 10.9 Å². The van der Waals surface area contributed by atoms with Crippen molar-refractivity contribution >= 4 is 10.9 Å². The SMILES string of the molecule is Oc1cncc2[nH]cc(F)c12. The van der Waals surface area contributed by atoms with Crippen molar-refractivity contribution in [3.8, 4) is 5.75 Å². The first-order chi connectivity index (χ1) is 5.29. The first-order valence-electron chi connectivity index (χ1n) is 3.08. The average Bonchev–Trinajstić information content (AvgIpc) is 2.34. The maximum absolute atomic E-state index is 12.8. The van der Waals surface area contributed by atoms with Gasteiger partial charge in [0, 0.05) is 6.20 Å². The standard InChI is InChI=1S/C7H5FN2O/c8-4-1-10-5-2-9-3-6(11)7(4)5/h1-3,10-11H. The van der Waals surface area contributed by atoms with Crippen molar-refractivity contribution in [2.24, 2.45) is 0 Å². The highest BCUT2D eigenvalue weighted by Gasteiger charge is 2.06. The highest BCUT2D eigenvalue weighted by atomic mass is 19.1. The molecule has 0 radical (unpaired) electrons. The Bertz CT molecular complexity index is 396. The predicted octanol–water partition coefficient (Wildman–Crippen LogP) is 1.41. The lowest BCUT2D eigenvalue weighted by Gasteiger charge is -1.91. The maximum Gasteiger partial charge on any atom is 0.152 e. The van der Waals surface area contributed by atoms with Crippen LogP contribution in [0, 0.1) is 5.82 Å². The number of nitrogens with one attached hydrogen (secondary N) is 1. The highest BCUT2D eigenvalue weighted by molar-refractivity contribution is 5.84. The molecule has 0 aliphatic heterocycles. The zero-order chi connectivity index (χ0) is 7.84. The summed E-state index contributed by atoms with van der Waals surface area (Å²) in [4.78, 5) is 6.31. The molecule has 3 nitrogen and oxygen atoms in total. The largest absolute Gasteiger partial charge is 0.506 e. The number of aromatic amines is 1. The van der Waals surface area contributed by atoms with E-state index in [1.54, 1.807) is 0 Å². The summed E-state index contributed by atoms with van der Waals surface area (Å²) in [6.07, 6.45) is 3.85. The topological polar surface area (TPSA) is 48.9 Å². The Balaban J connectivity index is 2.96. The summed E-state index contributed by atoms with van der Waals surface area (Å²) in [5, 5.41) is 9.31. The van der Waals surface area contributed by atoms with Crippen LogP contribution in [0.5, 0.6) is 5.75 Å². The minimum absolute atomic E-state index is 0.138. The lowest BCUT2D eigenvalue weighted by Crippen LogP contribution is -1.74. The molecule has 2 N–H and O–H groups in total. The van der Waals surface area contributed by atoms with E-state index in [1.807, 2.05) is 0 Å². The number of aromatic nitrogens is 2. The van der Waals surface area contributed by atoms with Crippen molar-refractivity contribution in [1.82, 2.24) is 9.97 Å². The predicted molar refractivity (Wildman–Crippen MR) is 37.7 cm³/mol. The molecule has 0 bridgehead atoms. The first kappa shape index (κ1) is 6.15. The van der Waals surface area contributed by atoms with Crippen molar-refractivity contribution in [2.45, 2.75) is 0 Å². The van der Waals surface area contributed by atoms with Crippen molar-refractivity contribution in [3.05, 3.63) is 24.4 Å². The Morgan fingerprint density at radius 3 is 3.00 bits per heavy atom. The number of fused-ring (bicyclic) bond motifs is 1. The van der Waals surface area contributed by atoms with E-state index >= 15 is 0 Å². The lowest BCUT2D eigenvalue weighted by atomic mass is 10.3. The molecule has 0 aliphatic rings. The molecule has 4 heteroatoms. The van der Waals surface area contributed by atoms with Crippen molar-refractivity contribution < 1.29 is 9.50 Å². The molecule has 0 spiro atoms. The van der Waals surface area contributed by atoms with Gasteiger partial charge in [-0.3, -0.25) is 4.98 Å². The summed E-state index contributed by atoms with van der Waals surface area (Å²) in [6, 6.07) is 0. The Hall–Kier alpha value is -1.58. The van der Waals surface area contributed by atoms with Gasteiger partial charge < -0.3 is 10.1 Å². The van der Waals surface area contributed by atoms with Gasteiger partial charge in [-0.15, -0.1) is 0 Å². The molecule has 2 aromatic rings. The van der Waals surface area contributed by atoms with E-state index in [4.69, 9.17) is 5.11 Å². The average molecular weight is 152 g/mol. The van der Waals surface area contributed by atoms with Gasteiger partial charge in [-0.1, -0.05) is 0 Å². The van der Waals surface area contributed by atoms with Gasteiger partial charge in [-0.2, -0.15) is 0 Å². The summed E-state index contributed by atoms with van der Waals surface area (Å²) in [5.41, 5.74) is 0.502. The molecule has 0 atom stereocenters. The van der Waals surface area contributed by atoms with E-state index in [-0.39, 0.29) is 11.1 Å². The number of nitrogens with zero attached hydrogens (tertiary/aromatic N) is 1. The lowest BCUT2D eigenvalue weighted by molar-refractivity contribution is 0.476. The molecule has 0 saturated carbocycles. The molecular formula is C7H5FN2O. The van der Waals surface area contributed by atoms with Gasteiger partial charge in [-0.25, -0.2) is 4.39 Å². The molecule has 2 rings (SSSR count). The van der Waals surface area contributed by atoms with Gasteiger partial charge in [0.1, 0.15) is 5.75 Å². The van der Waals surface area contributed by atoms with Crippen LogP contribution in [0.3, 0.4) is 0 Å². The zero-order valence-corrected chi connectivity index (χ0v) is 5.50. The number of hydrogen-bond donors (Lipinski definition) is 2. The molecule has 0 aromatic carbocycles. The molecule has 0 amide bonds. The molecule has 0 saturated heterocycles. The Kier molecular flexibility index (Phi) is 1.09. The van der Waals surface area contributed by atoms with Gasteiger partial charge in [-0.05, 0) is 0 Å². The summed E-state index contributed by atoms with van der Waals surface area (Å²) >= 11 is 0. The van der Waals surface area contributed by atoms with E-state index < -0.39 is 5.82 Å². The number of hydrogen-bond acceptors (Lipinski definition) is 2. The van der Waals surface area contributed by atoms with Crippen LogP contribution < -0.4 is 0 Å². The maximum atomic E-state index is 12.8. The number of rotatable bonds is 0. The van der Waals surface area contributed by atoms with Crippen molar-refractivity contribution in [3.63, 3.8) is 0 Å². The quantitative estimate of drug-likeness (QED) is 0.599. The third-order valence-electron chi connectivity index (χ3n) is 1.52. The van der Waals surface area contributed by atoms with E-state index in [0.717, 1.165) is 0 Å². The highest BCUT2D eigenvalue weighted by Crippen LogP contribution is 2.24. The van der Waals surface area contributed by atoms with E-state index in [0.29, 0.717) is 5.52 Å². The van der Waals surface area contributed by atoms with Crippen LogP contribution in [0.4, 0.5) is 4.39 Å². The molecule has 56 valence electrons. The second-order valence-electron chi connectivity index (χ2n) is 2.22. The van der Waals surface area contributed by atoms with E-state index in [9.17, 15) is 4.39 Å². The minimum atomic E-state index is -0.458. The number of halogens is 1. The second-order valence-corrected chi connectivity index (χ2v) is 2.22. The fourth-order valence-electron chi connectivity index (χ4n) is 1.02. The third kappa shape index (κ3) is 0.756. The molecule has 0 aliphatic carbocycles. The molecule has 11 heavy (non-hydrogen) atoms. The Labute approximate surface area is 61.5 Å². The van der Waals surface area contributed by atoms with Crippen LogP contribution in [-0.2, 0) is 0 Å². The fraction of sp³-hybridized carbons (Fsp3) is 0. The summed E-state index contributed by atoms with van der Waals surface area (Å²) in [7, 11) is 0. The van der Waals surface area contributed by atoms with Gasteiger partial charge >= 0.3 is 0 Å². The summed E-state index contributed by atoms with van der Waals surface area (Å²) in [6.45, 7) is 0. The van der Waals surface area contributed by atoms with E-state index in [1.165, 1.54) is 18.6 Å². The monoisotopic (exact) mass is 152 g/mol. The van der Waals surface area contributed by atoms with E-state index in [2.05, 4.69) is 9.97 Å². The van der Waals surface area contributed by atoms with Crippen LogP contribution in [0.15, 0.2) is 18.6 Å². The molecule has 2 aromatic heterocycles. The minimum Gasteiger partial charge on any atom is -0.506 e. The van der Waals surface area contributed by atoms with Crippen LogP contribution in [0.1, 0.15) is 0 Å². The molecule has 2 heterocycles. The van der Waals surface area contributed by atoms with Crippen LogP contribution >= 0.6 is 0 Å². The third-order valence-corrected chi connectivity index (χ3v) is 1.52. The fourth-order valence-corrected chi connectivity index (χ4v) is 1.02. The van der Waals surface area contributed by atoms with Gasteiger partial charge in [0.15, 0.2) is 5.82 Å². The van der Waals surface area contributed by atoms with Gasteiger partial charge in [0.2, 0.25) is 0 Å². The van der Waals surface area contributed by atoms with Crippen molar-refractivity contribution in [2.75, 3.05) is 0 Å². The number of pyridine rings is 1. The Morgan fingerprint density at radius 1 is 1.45 bits per heavy atom. The Morgan fingerprint density at radius 2 is 2.27 bits per heavy atom. The van der Waals surface area contributed by atoms with Gasteiger partial charge in [0.05, 0.1) is 23.3 Å². The van der Waals surface area contributed by atoms with Crippen molar-refractivity contribution in [1.29, 1.82) is 0 Å². The van der Waals surface area contributed by atoms with Gasteiger partial charge in [0.25, 0.3) is 0 Å². The molecule has 0 fully saturated rings. The first-order valence-corrected chi connectivity index (χ1v) is 3.08. The smallest absolute Gasteiger partial charge is 0.152 e. The zero-order valence-electron chi connectivity index (χ0n) is 5.50. The summed E-state index contributed by atoms with van der Waals surface area (Å²) in [5.74, 6) is -0.596. The number of aromatic hydroxyl groups is 1. The summed E-state index contributed by atoms with van der Waals surface area (Å²) < 4.78 is 12.8. The second kappa shape index (κ2) is 1.95. The molecule has 0 unspecified atom stereocenters. The number of H-pyrrole nitrogens is 1. The van der Waals surface area contributed by atoms with Crippen LogP contribution in [-0.4, -0.2) is 15.1 Å².